The number of sulfonamides is 1. The Balaban J connectivity index is 2.69. The van der Waals surface area contributed by atoms with Crippen LogP contribution in [0, 0.1) is 6.92 Å². The average molecular weight is 422 g/mol. The zero-order valence-electron chi connectivity index (χ0n) is 16.8. The molecule has 0 spiro atoms. The number of carboxylic acid groups (broad SMARTS) is 1. The first kappa shape index (κ1) is 22.7. The maximum atomic E-state index is 13.0. The van der Waals surface area contributed by atoms with Crippen molar-refractivity contribution in [2.75, 3.05) is 0 Å². The van der Waals surface area contributed by atoms with E-state index in [1.165, 1.54) is 13.0 Å². The Morgan fingerprint density at radius 2 is 1.86 bits per heavy atom. The second-order valence-electron chi connectivity index (χ2n) is 7.12. The monoisotopic (exact) mass is 421 g/mol. The van der Waals surface area contributed by atoms with Gasteiger partial charge in [-0.1, -0.05) is 49.6 Å². The lowest BCUT2D eigenvalue weighted by atomic mass is 9.97. The predicted molar refractivity (Wildman–Crippen MR) is 111 cm³/mol. The molecule has 0 heterocycles. The number of phenols is 2. The molecular weight excluding hydrogens is 394 g/mol. The number of rotatable bonds is 9. The van der Waals surface area contributed by atoms with Crippen LogP contribution in [-0.4, -0.2) is 35.7 Å². The van der Waals surface area contributed by atoms with E-state index < -0.39 is 32.7 Å². The first-order valence-corrected chi connectivity index (χ1v) is 11.0. The summed E-state index contributed by atoms with van der Waals surface area (Å²) in [5.41, 5.74) is 1.57. The van der Waals surface area contributed by atoms with Gasteiger partial charge in [0.1, 0.15) is 22.4 Å². The molecule has 2 aromatic rings. The molecule has 2 rings (SSSR count). The fraction of sp³-hybridized carbons (Fsp3) is 0.381. The van der Waals surface area contributed by atoms with Crippen LogP contribution in [0.4, 0.5) is 0 Å². The van der Waals surface area contributed by atoms with Gasteiger partial charge < -0.3 is 15.3 Å². The molecule has 0 amide bonds. The third-order valence-electron chi connectivity index (χ3n) is 4.64. The molecule has 0 aliphatic heterocycles. The molecule has 0 fully saturated rings. The van der Waals surface area contributed by atoms with E-state index in [9.17, 15) is 23.4 Å². The molecular formula is C21H27NO6S. The lowest BCUT2D eigenvalue weighted by molar-refractivity contribution is -0.138. The summed E-state index contributed by atoms with van der Waals surface area (Å²) < 4.78 is 28.0. The average Bonchev–Trinajstić information content (AvgIpc) is 2.61. The largest absolute Gasteiger partial charge is 0.507 e. The molecule has 0 aliphatic rings. The molecule has 0 unspecified atom stereocenters. The van der Waals surface area contributed by atoms with Crippen molar-refractivity contribution in [1.82, 2.24) is 4.72 Å². The number of carbonyl (C=O) groups is 1. The van der Waals surface area contributed by atoms with Crippen LogP contribution in [0.2, 0.25) is 0 Å². The van der Waals surface area contributed by atoms with Crippen molar-refractivity contribution >= 4 is 16.0 Å². The first-order chi connectivity index (χ1) is 13.6. The summed E-state index contributed by atoms with van der Waals surface area (Å²) in [4.78, 5) is 10.7. The number of aliphatic carboxylic acids is 1. The lowest BCUT2D eigenvalue weighted by Crippen LogP contribution is -2.38. The zero-order chi connectivity index (χ0) is 21.8. The summed E-state index contributed by atoms with van der Waals surface area (Å²) >= 11 is 0. The molecule has 2 aromatic carbocycles. The molecule has 4 N–H and O–H groups in total. The van der Waals surface area contributed by atoms with Gasteiger partial charge in [-0.25, -0.2) is 8.42 Å². The molecule has 29 heavy (non-hydrogen) atoms. The van der Waals surface area contributed by atoms with Crippen molar-refractivity contribution in [3.8, 4) is 22.6 Å². The number of aryl methyl sites for hydroxylation is 2. The lowest BCUT2D eigenvalue weighted by Gasteiger charge is -2.19. The summed E-state index contributed by atoms with van der Waals surface area (Å²) in [5, 5.41) is 30.6. The SMILES string of the molecule is CCCCCc1cc(O)c(-c2cccc(C)c2)c(O)c1S(=O)(=O)N[C@@H](C)C(=O)O. The van der Waals surface area contributed by atoms with E-state index in [-0.39, 0.29) is 16.9 Å². The van der Waals surface area contributed by atoms with Gasteiger partial charge in [-0.2, -0.15) is 4.72 Å². The number of benzene rings is 2. The Labute approximate surface area is 171 Å². The Morgan fingerprint density at radius 3 is 2.45 bits per heavy atom. The number of carboxylic acids is 1. The van der Waals surface area contributed by atoms with Gasteiger partial charge in [-0.3, -0.25) is 4.79 Å². The van der Waals surface area contributed by atoms with E-state index in [1.807, 2.05) is 19.9 Å². The van der Waals surface area contributed by atoms with Crippen LogP contribution < -0.4 is 4.72 Å². The van der Waals surface area contributed by atoms with Gasteiger partial charge in [0.15, 0.2) is 0 Å². The maximum Gasteiger partial charge on any atom is 0.321 e. The summed E-state index contributed by atoms with van der Waals surface area (Å²) in [5.74, 6) is -2.16. The summed E-state index contributed by atoms with van der Waals surface area (Å²) in [6.45, 7) is 5.05. The second-order valence-corrected chi connectivity index (χ2v) is 8.77. The van der Waals surface area contributed by atoms with Crippen molar-refractivity contribution in [1.29, 1.82) is 0 Å². The number of phenolic OH excluding ortho intramolecular Hbond substituents is 2. The molecule has 7 nitrogen and oxygen atoms in total. The Morgan fingerprint density at radius 1 is 1.17 bits per heavy atom. The fourth-order valence-electron chi connectivity index (χ4n) is 3.17. The number of hydrogen-bond acceptors (Lipinski definition) is 5. The van der Waals surface area contributed by atoms with Crippen LogP contribution in [0.25, 0.3) is 11.1 Å². The van der Waals surface area contributed by atoms with Crippen molar-refractivity contribution in [3.63, 3.8) is 0 Å². The van der Waals surface area contributed by atoms with Crippen LogP contribution in [0.15, 0.2) is 35.2 Å². The van der Waals surface area contributed by atoms with Gasteiger partial charge in [-0.05, 0) is 43.9 Å². The van der Waals surface area contributed by atoms with E-state index in [2.05, 4.69) is 4.72 Å². The smallest absolute Gasteiger partial charge is 0.321 e. The minimum absolute atomic E-state index is 0.00343. The highest BCUT2D eigenvalue weighted by atomic mass is 32.2. The van der Waals surface area contributed by atoms with E-state index in [1.54, 1.807) is 18.2 Å². The Bertz CT molecular complexity index is 1000. The maximum absolute atomic E-state index is 13.0. The number of aromatic hydroxyl groups is 2. The topological polar surface area (TPSA) is 124 Å². The third kappa shape index (κ3) is 5.27. The zero-order valence-corrected chi connectivity index (χ0v) is 17.6. The van der Waals surface area contributed by atoms with E-state index in [0.29, 0.717) is 18.4 Å². The summed E-state index contributed by atoms with van der Waals surface area (Å²) in [6, 6.07) is 6.91. The molecule has 0 radical (unpaired) electrons. The molecule has 1 atom stereocenters. The van der Waals surface area contributed by atoms with Gasteiger partial charge in [0.25, 0.3) is 0 Å². The van der Waals surface area contributed by atoms with Crippen LogP contribution in [-0.2, 0) is 21.2 Å². The number of nitrogens with one attached hydrogen (secondary N) is 1. The highest BCUT2D eigenvalue weighted by Gasteiger charge is 2.30. The molecule has 0 saturated carbocycles. The summed E-state index contributed by atoms with van der Waals surface area (Å²) in [7, 11) is -4.35. The standard InChI is InChI=1S/C21H27NO6S/c1-4-5-6-9-16-12-17(23)18(15-10-7-8-13(2)11-15)19(24)20(16)29(27,28)22-14(3)21(25)26/h7-8,10-12,14,22-24H,4-6,9H2,1-3H3,(H,25,26)/t14-/m0/s1. The fourth-order valence-corrected chi connectivity index (χ4v) is 4.71. The van der Waals surface area contributed by atoms with Gasteiger partial charge in [0, 0.05) is 0 Å². The van der Waals surface area contributed by atoms with Gasteiger partial charge in [-0.15, -0.1) is 0 Å². The van der Waals surface area contributed by atoms with Gasteiger partial charge >= 0.3 is 5.97 Å². The number of hydrogen-bond donors (Lipinski definition) is 4. The normalized spacial score (nSPS) is 12.7. The van der Waals surface area contributed by atoms with Crippen LogP contribution in [0.5, 0.6) is 11.5 Å². The van der Waals surface area contributed by atoms with E-state index in [0.717, 1.165) is 18.4 Å². The first-order valence-electron chi connectivity index (χ1n) is 9.48. The highest BCUT2D eigenvalue weighted by molar-refractivity contribution is 7.89. The minimum atomic E-state index is -4.35. The van der Waals surface area contributed by atoms with Crippen LogP contribution >= 0.6 is 0 Å². The second kappa shape index (κ2) is 9.28. The Hall–Kier alpha value is -2.58. The van der Waals surface area contributed by atoms with E-state index in [4.69, 9.17) is 5.11 Å². The molecule has 158 valence electrons. The molecule has 0 aromatic heterocycles. The van der Waals surface area contributed by atoms with Crippen LogP contribution in [0.3, 0.4) is 0 Å². The van der Waals surface area contributed by atoms with Crippen molar-refractivity contribution in [2.24, 2.45) is 0 Å². The predicted octanol–water partition coefficient (Wildman–Crippen LogP) is 3.56. The van der Waals surface area contributed by atoms with Crippen molar-refractivity contribution in [3.05, 3.63) is 41.5 Å². The van der Waals surface area contributed by atoms with Crippen LogP contribution in [0.1, 0.15) is 44.2 Å². The van der Waals surface area contributed by atoms with Gasteiger partial charge in [0.2, 0.25) is 10.0 Å². The highest BCUT2D eigenvalue weighted by Crippen LogP contribution is 2.44. The van der Waals surface area contributed by atoms with E-state index >= 15 is 0 Å². The molecule has 0 saturated heterocycles. The van der Waals surface area contributed by atoms with Crippen molar-refractivity contribution in [2.45, 2.75) is 57.4 Å². The quantitative estimate of drug-likeness (QED) is 0.459. The minimum Gasteiger partial charge on any atom is -0.507 e. The summed E-state index contributed by atoms with van der Waals surface area (Å²) in [6.07, 6.45) is 2.74. The molecule has 0 bridgehead atoms. The van der Waals surface area contributed by atoms with Crippen molar-refractivity contribution < 1.29 is 28.5 Å². The van der Waals surface area contributed by atoms with Gasteiger partial charge in [0.05, 0.1) is 5.56 Å². The Kier molecular flexibility index (Phi) is 7.26. The number of unbranched alkanes of at least 4 members (excludes halogenated alkanes) is 2. The third-order valence-corrected chi connectivity index (χ3v) is 6.29. The molecule has 8 heteroatoms. The molecule has 0 aliphatic carbocycles.